The number of rotatable bonds is 12. The number of likely N-dealkylation sites (N-methyl/N-ethyl adjacent to an activating group) is 1. The molecule has 0 bridgehead atoms. The number of anilines is 1. The molecule has 0 saturated carbocycles. The first-order valence-electron chi connectivity index (χ1n) is 11.8. The maximum absolute atomic E-state index is 13.4. The van der Waals surface area contributed by atoms with E-state index in [-0.39, 0.29) is 31.3 Å². The molecule has 35 heavy (non-hydrogen) atoms. The highest BCUT2D eigenvalue weighted by atomic mass is 35.5. The molecular formula is C26H36ClN3O4S. The molecule has 192 valence electrons. The van der Waals surface area contributed by atoms with E-state index in [0.717, 1.165) is 16.7 Å². The van der Waals surface area contributed by atoms with Crippen molar-refractivity contribution in [3.05, 3.63) is 64.2 Å². The summed E-state index contributed by atoms with van der Waals surface area (Å²) in [6.45, 7) is 8.43. The van der Waals surface area contributed by atoms with Crippen LogP contribution in [0.2, 0.25) is 5.02 Å². The molecule has 0 aromatic heterocycles. The molecule has 2 rings (SSSR count). The summed E-state index contributed by atoms with van der Waals surface area (Å²) in [4.78, 5) is 27.7. The van der Waals surface area contributed by atoms with Crippen LogP contribution in [0.15, 0.2) is 42.5 Å². The molecule has 0 saturated heterocycles. The van der Waals surface area contributed by atoms with E-state index in [1.54, 1.807) is 23.1 Å². The van der Waals surface area contributed by atoms with E-state index in [1.807, 2.05) is 52.0 Å². The Morgan fingerprint density at radius 1 is 1.06 bits per heavy atom. The number of aryl methyl sites for hydroxylation is 1. The van der Waals surface area contributed by atoms with Crippen molar-refractivity contribution in [1.29, 1.82) is 0 Å². The highest BCUT2D eigenvalue weighted by Gasteiger charge is 2.28. The molecule has 0 radical (unpaired) electrons. The van der Waals surface area contributed by atoms with Gasteiger partial charge in [0, 0.05) is 31.1 Å². The summed E-state index contributed by atoms with van der Waals surface area (Å²) in [7, 11) is -3.54. The minimum atomic E-state index is -3.54. The van der Waals surface area contributed by atoms with E-state index in [4.69, 9.17) is 11.6 Å². The Bertz CT molecular complexity index is 1120. The van der Waals surface area contributed by atoms with Gasteiger partial charge in [0.1, 0.15) is 6.04 Å². The second-order valence-corrected chi connectivity index (χ2v) is 11.0. The second kappa shape index (κ2) is 12.9. The van der Waals surface area contributed by atoms with E-state index in [1.165, 1.54) is 10.6 Å². The lowest BCUT2D eigenvalue weighted by Crippen LogP contribution is -2.49. The number of nitrogens with zero attached hydrogens (tertiary/aromatic N) is 2. The van der Waals surface area contributed by atoms with Crippen molar-refractivity contribution < 1.29 is 18.0 Å². The van der Waals surface area contributed by atoms with Gasteiger partial charge in [0.25, 0.3) is 0 Å². The number of carbonyl (C=O) groups is 2. The zero-order valence-electron chi connectivity index (χ0n) is 21.2. The normalized spacial score (nSPS) is 12.2. The minimum Gasteiger partial charge on any atom is -0.355 e. The van der Waals surface area contributed by atoms with Gasteiger partial charge in [-0.25, -0.2) is 8.42 Å². The lowest BCUT2D eigenvalue weighted by atomic mass is 10.1. The average Bonchev–Trinajstić information content (AvgIpc) is 2.79. The summed E-state index contributed by atoms with van der Waals surface area (Å²) in [6, 6.07) is 12.1. The predicted octanol–water partition coefficient (Wildman–Crippen LogP) is 4.45. The zero-order chi connectivity index (χ0) is 26.2. The van der Waals surface area contributed by atoms with Gasteiger partial charge in [0.15, 0.2) is 0 Å². The standard InChI is InChI=1S/C26H36ClN3O4S/c1-6-23(26(32)28-7-2)29(18-21-13-15-22(27)16-14-21)25(31)12-9-17-30(35(5,33)34)24-11-8-10-19(3)20(24)4/h8,10-11,13-16,23H,6-7,9,12,17-18H2,1-5H3,(H,28,32)/t23-/m1/s1. The summed E-state index contributed by atoms with van der Waals surface area (Å²) in [6.07, 6.45) is 2.07. The Morgan fingerprint density at radius 3 is 2.29 bits per heavy atom. The van der Waals surface area contributed by atoms with Crippen molar-refractivity contribution in [2.75, 3.05) is 23.7 Å². The number of hydrogen-bond donors (Lipinski definition) is 1. The largest absolute Gasteiger partial charge is 0.355 e. The molecular weight excluding hydrogens is 486 g/mol. The molecule has 0 spiro atoms. The quantitative estimate of drug-likeness (QED) is 0.447. The van der Waals surface area contributed by atoms with Gasteiger partial charge >= 0.3 is 0 Å². The van der Waals surface area contributed by atoms with Gasteiger partial charge in [0.2, 0.25) is 21.8 Å². The Labute approximate surface area is 214 Å². The van der Waals surface area contributed by atoms with Crippen LogP contribution in [0.4, 0.5) is 5.69 Å². The van der Waals surface area contributed by atoms with Crippen LogP contribution in [-0.2, 0) is 26.2 Å². The monoisotopic (exact) mass is 521 g/mol. The fraction of sp³-hybridized carbons (Fsp3) is 0.462. The Hall–Kier alpha value is -2.58. The lowest BCUT2D eigenvalue weighted by molar-refractivity contribution is -0.141. The molecule has 0 unspecified atom stereocenters. The number of sulfonamides is 1. The fourth-order valence-electron chi connectivity index (χ4n) is 3.99. The van der Waals surface area contributed by atoms with Crippen molar-refractivity contribution in [3.8, 4) is 0 Å². The summed E-state index contributed by atoms with van der Waals surface area (Å²) >= 11 is 6.00. The van der Waals surface area contributed by atoms with Crippen LogP contribution in [0.25, 0.3) is 0 Å². The molecule has 0 heterocycles. The predicted molar refractivity (Wildman–Crippen MR) is 142 cm³/mol. The minimum absolute atomic E-state index is 0.111. The summed E-state index contributed by atoms with van der Waals surface area (Å²) in [5.41, 5.74) is 3.36. The van der Waals surface area contributed by atoms with Gasteiger partial charge in [-0.05, 0) is 68.5 Å². The number of halogens is 1. The molecule has 2 aromatic rings. The van der Waals surface area contributed by atoms with Gasteiger partial charge in [-0.3, -0.25) is 13.9 Å². The molecule has 2 amide bonds. The van der Waals surface area contributed by atoms with Crippen LogP contribution in [0.3, 0.4) is 0 Å². The maximum Gasteiger partial charge on any atom is 0.242 e. The first kappa shape index (κ1) is 28.7. The SMILES string of the molecule is CCNC(=O)[C@@H](CC)N(Cc1ccc(Cl)cc1)C(=O)CCCN(c1cccc(C)c1C)S(C)(=O)=O. The van der Waals surface area contributed by atoms with Crippen molar-refractivity contribution in [2.45, 2.75) is 59.5 Å². The third kappa shape index (κ3) is 7.97. The van der Waals surface area contributed by atoms with Crippen molar-refractivity contribution in [2.24, 2.45) is 0 Å². The van der Waals surface area contributed by atoms with Crippen LogP contribution >= 0.6 is 11.6 Å². The fourth-order valence-corrected chi connectivity index (χ4v) is 5.13. The first-order valence-corrected chi connectivity index (χ1v) is 14.1. The first-order chi connectivity index (χ1) is 16.5. The third-order valence-corrected chi connectivity index (χ3v) is 7.43. The highest BCUT2D eigenvalue weighted by Crippen LogP contribution is 2.25. The number of benzene rings is 2. The van der Waals surface area contributed by atoms with E-state index in [2.05, 4.69) is 5.32 Å². The van der Waals surface area contributed by atoms with Gasteiger partial charge < -0.3 is 10.2 Å². The molecule has 0 aliphatic heterocycles. The van der Waals surface area contributed by atoms with Gasteiger partial charge in [0.05, 0.1) is 11.9 Å². The molecule has 0 aliphatic carbocycles. The highest BCUT2D eigenvalue weighted by molar-refractivity contribution is 7.92. The second-order valence-electron chi connectivity index (χ2n) is 8.62. The Balaban J connectivity index is 2.23. The van der Waals surface area contributed by atoms with Gasteiger partial charge in [-0.15, -0.1) is 0 Å². The topological polar surface area (TPSA) is 86.8 Å². The van der Waals surface area contributed by atoms with Crippen molar-refractivity contribution in [1.82, 2.24) is 10.2 Å². The molecule has 0 aliphatic rings. The van der Waals surface area contributed by atoms with Crippen LogP contribution in [0.5, 0.6) is 0 Å². The average molecular weight is 522 g/mol. The van der Waals surface area contributed by atoms with E-state index >= 15 is 0 Å². The van der Waals surface area contributed by atoms with Gasteiger partial charge in [-0.2, -0.15) is 0 Å². The van der Waals surface area contributed by atoms with Crippen LogP contribution in [0, 0.1) is 13.8 Å². The molecule has 7 nitrogen and oxygen atoms in total. The Morgan fingerprint density at radius 2 is 1.71 bits per heavy atom. The number of amides is 2. The summed E-state index contributed by atoms with van der Waals surface area (Å²) in [5.74, 6) is -0.405. The summed E-state index contributed by atoms with van der Waals surface area (Å²) in [5, 5.41) is 3.40. The van der Waals surface area contributed by atoms with Crippen molar-refractivity contribution in [3.63, 3.8) is 0 Å². The van der Waals surface area contributed by atoms with E-state index < -0.39 is 16.1 Å². The van der Waals surface area contributed by atoms with E-state index in [0.29, 0.717) is 30.1 Å². The van der Waals surface area contributed by atoms with Crippen LogP contribution < -0.4 is 9.62 Å². The number of hydrogen-bond acceptors (Lipinski definition) is 4. The number of carbonyl (C=O) groups excluding carboxylic acids is 2. The molecule has 2 aromatic carbocycles. The van der Waals surface area contributed by atoms with Crippen molar-refractivity contribution >= 4 is 39.1 Å². The maximum atomic E-state index is 13.4. The third-order valence-electron chi connectivity index (χ3n) is 6.00. The number of nitrogens with one attached hydrogen (secondary N) is 1. The smallest absolute Gasteiger partial charge is 0.242 e. The van der Waals surface area contributed by atoms with Crippen LogP contribution in [-0.4, -0.2) is 50.5 Å². The lowest BCUT2D eigenvalue weighted by Gasteiger charge is -2.31. The Kier molecular flexibility index (Phi) is 10.6. The zero-order valence-corrected chi connectivity index (χ0v) is 22.7. The van der Waals surface area contributed by atoms with Crippen LogP contribution in [0.1, 0.15) is 49.8 Å². The molecule has 9 heteroatoms. The molecule has 1 N–H and O–H groups in total. The molecule has 1 atom stereocenters. The van der Waals surface area contributed by atoms with E-state index in [9.17, 15) is 18.0 Å². The molecule has 0 fully saturated rings. The van der Waals surface area contributed by atoms with Gasteiger partial charge in [-0.1, -0.05) is 42.8 Å². The summed E-state index contributed by atoms with van der Waals surface area (Å²) < 4.78 is 26.5.